The van der Waals surface area contributed by atoms with Crippen molar-refractivity contribution in [2.75, 3.05) is 0 Å². The van der Waals surface area contributed by atoms with Crippen molar-refractivity contribution in [2.24, 2.45) is 5.73 Å². The SMILES string of the molecule is CCc1c[c]c(CN)c(CC)c1. The van der Waals surface area contributed by atoms with Crippen LogP contribution in [0.15, 0.2) is 12.1 Å². The zero-order valence-corrected chi connectivity index (χ0v) is 7.85. The van der Waals surface area contributed by atoms with Crippen molar-refractivity contribution < 1.29 is 0 Å². The van der Waals surface area contributed by atoms with Crippen LogP contribution in [0.5, 0.6) is 0 Å². The Bertz CT molecular complexity index is 253. The Morgan fingerprint density at radius 3 is 2.58 bits per heavy atom. The molecule has 0 spiro atoms. The fourth-order valence-corrected chi connectivity index (χ4v) is 1.33. The maximum atomic E-state index is 5.59. The van der Waals surface area contributed by atoms with Gasteiger partial charge in [-0.3, -0.25) is 0 Å². The largest absolute Gasteiger partial charge is 0.326 e. The lowest BCUT2D eigenvalue weighted by Gasteiger charge is -2.06. The molecular weight excluding hydrogens is 146 g/mol. The maximum Gasteiger partial charge on any atom is 0.0187 e. The number of aryl methyl sites for hydroxylation is 2. The summed E-state index contributed by atoms with van der Waals surface area (Å²) >= 11 is 0. The molecule has 1 rings (SSSR count). The molecule has 1 aromatic rings. The normalized spacial score (nSPS) is 10.2. The summed E-state index contributed by atoms with van der Waals surface area (Å²) in [5.41, 5.74) is 9.44. The van der Waals surface area contributed by atoms with Gasteiger partial charge in [0.15, 0.2) is 0 Å². The fraction of sp³-hybridized carbons (Fsp3) is 0.455. The molecule has 0 bridgehead atoms. The van der Waals surface area contributed by atoms with Gasteiger partial charge in [-0.15, -0.1) is 0 Å². The summed E-state index contributed by atoms with van der Waals surface area (Å²) in [4.78, 5) is 0. The Hall–Kier alpha value is -0.820. The molecular formula is C11H16N. The molecule has 65 valence electrons. The van der Waals surface area contributed by atoms with Gasteiger partial charge in [0.1, 0.15) is 0 Å². The number of hydrogen-bond donors (Lipinski definition) is 1. The molecule has 0 aliphatic carbocycles. The standard InChI is InChI=1S/C11H16N/c1-3-9-5-6-11(8-12)10(4-2)7-9/h5,7H,3-4,8,12H2,1-2H3. The lowest BCUT2D eigenvalue weighted by Crippen LogP contribution is -2.01. The van der Waals surface area contributed by atoms with Gasteiger partial charge in [0, 0.05) is 6.54 Å². The van der Waals surface area contributed by atoms with Crippen LogP contribution in [0.2, 0.25) is 0 Å². The number of hydrogen-bond acceptors (Lipinski definition) is 1. The van der Waals surface area contributed by atoms with Gasteiger partial charge in [-0.05, 0) is 35.6 Å². The van der Waals surface area contributed by atoms with Crippen molar-refractivity contribution in [1.82, 2.24) is 0 Å². The smallest absolute Gasteiger partial charge is 0.0187 e. The summed E-state index contributed by atoms with van der Waals surface area (Å²) in [7, 11) is 0. The Kier molecular flexibility index (Phi) is 3.30. The van der Waals surface area contributed by atoms with Crippen molar-refractivity contribution >= 4 is 0 Å². The van der Waals surface area contributed by atoms with E-state index in [-0.39, 0.29) is 0 Å². The van der Waals surface area contributed by atoms with Gasteiger partial charge in [-0.25, -0.2) is 0 Å². The zero-order chi connectivity index (χ0) is 8.97. The minimum atomic E-state index is 0.604. The molecule has 1 nitrogen and oxygen atoms in total. The van der Waals surface area contributed by atoms with Crippen molar-refractivity contribution in [3.63, 3.8) is 0 Å². The van der Waals surface area contributed by atoms with Gasteiger partial charge >= 0.3 is 0 Å². The molecule has 0 unspecified atom stereocenters. The van der Waals surface area contributed by atoms with Crippen LogP contribution in [0, 0.1) is 6.07 Å². The van der Waals surface area contributed by atoms with Gasteiger partial charge in [-0.1, -0.05) is 26.0 Å². The lowest BCUT2D eigenvalue weighted by atomic mass is 10.0. The first-order valence-electron chi connectivity index (χ1n) is 4.54. The summed E-state index contributed by atoms with van der Waals surface area (Å²) in [5, 5.41) is 0. The predicted octanol–water partition coefficient (Wildman–Crippen LogP) is 2.07. The van der Waals surface area contributed by atoms with E-state index < -0.39 is 0 Å². The second-order valence-corrected chi connectivity index (χ2v) is 2.92. The van der Waals surface area contributed by atoms with Crippen LogP contribution in [0.4, 0.5) is 0 Å². The first-order chi connectivity index (χ1) is 5.81. The predicted molar refractivity (Wildman–Crippen MR) is 51.9 cm³/mol. The molecule has 0 saturated heterocycles. The Morgan fingerprint density at radius 1 is 1.33 bits per heavy atom. The molecule has 0 aliphatic heterocycles. The summed E-state index contributed by atoms with van der Waals surface area (Å²) in [6, 6.07) is 7.51. The van der Waals surface area contributed by atoms with Gasteiger partial charge in [-0.2, -0.15) is 0 Å². The average Bonchev–Trinajstić information content (AvgIpc) is 2.16. The van der Waals surface area contributed by atoms with Crippen LogP contribution in [-0.2, 0) is 19.4 Å². The molecule has 0 fully saturated rings. The summed E-state index contributed by atoms with van der Waals surface area (Å²) in [5.74, 6) is 0. The van der Waals surface area contributed by atoms with E-state index in [0.29, 0.717) is 6.54 Å². The van der Waals surface area contributed by atoms with Gasteiger partial charge in [0.2, 0.25) is 0 Å². The highest BCUT2D eigenvalue weighted by Gasteiger charge is 1.99. The van der Waals surface area contributed by atoms with Crippen LogP contribution < -0.4 is 5.73 Å². The highest BCUT2D eigenvalue weighted by atomic mass is 14.5. The summed E-state index contributed by atoms with van der Waals surface area (Å²) in [6.07, 6.45) is 2.13. The second kappa shape index (κ2) is 4.27. The molecule has 0 amide bonds. The number of rotatable bonds is 3. The number of nitrogens with two attached hydrogens (primary N) is 1. The first-order valence-corrected chi connectivity index (χ1v) is 4.54. The van der Waals surface area contributed by atoms with Crippen LogP contribution in [0.1, 0.15) is 30.5 Å². The first kappa shape index (κ1) is 9.27. The maximum absolute atomic E-state index is 5.59. The number of benzene rings is 1. The van der Waals surface area contributed by atoms with Crippen LogP contribution in [0.3, 0.4) is 0 Å². The van der Waals surface area contributed by atoms with E-state index in [9.17, 15) is 0 Å². The molecule has 0 atom stereocenters. The average molecular weight is 162 g/mol. The highest BCUT2D eigenvalue weighted by Crippen LogP contribution is 2.12. The van der Waals surface area contributed by atoms with Crippen LogP contribution in [0.25, 0.3) is 0 Å². The third-order valence-electron chi connectivity index (χ3n) is 2.17. The highest BCUT2D eigenvalue weighted by molar-refractivity contribution is 5.31. The van der Waals surface area contributed by atoms with Crippen molar-refractivity contribution in [3.8, 4) is 0 Å². The van der Waals surface area contributed by atoms with Crippen molar-refractivity contribution in [3.05, 3.63) is 34.9 Å². The second-order valence-electron chi connectivity index (χ2n) is 2.92. The van der Waals surface area contributed by atoms with Gasteiger partial charge in [0.25, 0.3) is 0 Å². The fourth-order valence-electron chi connectivity index (χ4n) is 1.33. The third-order valence-corrected chi connectivity index (χ3v) is 2.17. The molecule has 0 heterocycles. The lowest BCUT2D eigenvalue weighted by molar-refractivity contribution is 0.986. The van der Waals surface area contributed by atoms with E-state index in [0.717, 1.165) is 18.4 Å². The Morgan fingerprint density at radius 2 is 2.08 bits per heavy atom. The van der Waals surface area contributed by atoms with Crippen LogP contribution >= 0.6 is 0 Å². The van der Waals surface area contributed by atoms with E-state index in [1.165, 1.54) is 11.1 Å². The topological polar surface area (TPSA) is 26.0 Å². The quantitative estimate of drug-likeness (QED) is 0.723. The molecule has 0 saturated carbocycles. The summed E-state index contributed by atoms with van der Waals surface area (Å²) < 4.78 is 0. The van der Waals surface area contributed by atoms with Gasteiger partial charge < -0.3 is 5.73 Å². The Balaban J connectivity index is 3.02. The monoisotopic (exact) mass is 162 g/mol. The van der Waals surface area contributed by atoms with E-state index in [1.54, 1.807) is 0 Å². The van der Waals surface area contributed by atoms with E-state index in [1.807, 2.05) is 6.07 Å². The Labute approximate surface area is 74.6 Å². The van der Waals surface area contributed by atoms with E-state index >= 15 is 0 Å². The molecule has 2 N–H and O–H groups in total. The van der Waals surface area contributed by atoms with Crippen molar-refractivity contribution in [1.29, 1.82) is 0 Å². The molecule has 1 radical (unpaired) electrons. The minimum Gasteiger partial charge on any atom is -0.326 e. The molecule has 0 aromatic heterocycles. The van der Waals surface area contributed by atoms with E-state index in [4.69, 9.17) is 5.73 Å². The van der Waals surface area contributed by atoms with Gasteiger partial charge in [0.05, 0.1) is 0 Å². The third kappa shape index (κ3) is 1.86. The van der Waals surface area contributed by atoms with E-state index in [2.05, 4.69) is 26.0 Å². The van der Waals surface area contributed by atoms with Crippen LogP contribution in [-0.4, -0.2) is 0 Å². The molecule has 0 aliphatic rings. The summed E-state index contributed by atoms with van der Waals surface area (Å²) in [6.45, 7) is 4.92. The molecule has 12 heavy (non-hydrogen) atoms. The molecule has 1 heteroatoms. The van der Waals surface area contributed by atoms with Crippen molar-refractivity contribution in [2.45, 2.75) is 33.2 Å². The zero-order valence-electron chi connectivity index (χ0n) is 7.85. The minimum absolute atomic E-state index is 0.604. The molecule has 1 aromatic carbocycles.